The van der Waals surface area contributed by atoms with Crippen LogP contribution in [-0.4, -0.2) is 0 Å². The molecule has 0 nitrogen and oxygen atoms in total. The summed E-state index contributed by atoms with van der Waals surface area (Å²) in [6.07, 6.45) is 0.979. The number of benzene rings is 4. The van der Waals surface area contributed by atoms with Crippen molar-refractivity contribution in [3.63, 3.8) is 0 Å². The first-order valence-corrected chi connectivity index (χ1v) is 20.7. The van der Waals surface area contributed by atoms with Gasteiger partial charge in [0.25, 0.3) is 0 Å². The van der Waals surface area contributed by atoms with Gasteiger partial charge in [-0.3, -0.25) is 0 Å². The van der Waals surface area contributed by atoms with Gasteiger partial charge in [0.05, 0.1) is 0 Å². The molecule has 0 spiro atoms. The third kappa shape index (κ3) is 6.86. The molecule has 8 rings (SSSR count). The highest BCUT2D eigenvalue weighted by molar-refractivity contribution is 7.14. The Morgan fingerprint density at radius 3 is 1.42 bits per heavy atom. The van der Waals surface area contributed by atoms with Crippen LogP contribution in [0.15, 0.2) is 149 Å². The Morgan fingerprint density at radius 2 is 0.900 bits per heavy atom. The standard InChI is InChI=1S/C46H38S4/c1-30(2)36-28-40(44-10-6-22-49-44)46(41(29-36)45-11-7-23-50-45)35-14-12-32(13-15-35)24-31(3)37-25-38(27-39(26-37)43-9-5-21-48-43)33-16-18-34(19-17-33)42-8-4-20-47-42/h4-23,25-31H,24H2,1-3H3. The van der Waals surface area contributed by atoms with E-state index in [1.165, 1.54) is 80.7 Å². The van der Waals surface area contributed by atoms with E-state index in [-0.39, 0.29) is 0 Å². The lowest BCUT2D eigenvalue weighted by Crippen LogP contribution is -2.00. The van der Waals surface area contributed by atoms with Crippen molar-refractivity contribution in [2.75, 3.05) is 0 Å². The lowest BCUT2D eigenvalue weighted by molar-refractivity contribution is 0.760. The summed E-state index contributed by atoms with van der Waals surface area (Å²) >= 11 is 7.25. The van der Waals surface area contributed by atoms with E-state index in [1.54, 1.807) is 11.3 Å². The zero-order valence-corrected chi connectivity index (χ0v) is 31.7. The minimum Gasteiger partial charge on any atom is -0.144 e. The SMILES string of the molecule is CC(C)c1cc(-c2cccs2)c(-c2ccc(CC(C)c3cc(-c4ccc(-c5cccs5)cc4)cc(-c4cccs4)c3)cc2)c(-c2cccs2)c1. The zero-order chi connectivity index (χ0) is 34.0. The van der Waals surface area contributed by atoms with Crippen molar-refractivity contribution in [3.05, 3.63) is 166 Å². The Bertz CT molecular complexity index is 2230. The van der Waals surface area contributed by atoms with Crippen molar-refractivity contribution < 1.29 is 0 Å². The molecule has 1 unspecified atom stereocenters. The van der Waals surface area contributed by atoms with Gasteiger partial charge >= 0.3 is 0 Å². The van der Waals surface area contributed by atoms with Crippen LogP contribution in [0.5, 0.6) is 0 Å². The smallest absolute Gasteiger partial charge is 0.0349 e. The van der Waals surface area contributed by atoms with E-state index >= 15 is 0 Å². The topological polar surface area (TPSA) is 0 Å². The van der Waals surface area contributed by atoms with Gasteiger partial charge in [-0.1, -0.05) is 106 Å². The second-order valence-corrected chi connectivity index (χ2v) is 17.1. The van der Waals surface area contributed by atoms with Crippen molar-refractivity contribution in [3.8, 4) is 64.0 Å². The molecular formula is C46H38S4. The van der Waals surface area contributed by atoms with E-state index in [4.69, 9.17) is 0 Å². The van der Waals surface area contributed by atoms with E-state index < -0.39 is 0 Å². The molecule has 8 aromatic rings. The largest absolute Gasteiger partial charge is 0.144 e. The number of thiophene rings is 4. The summed E-state index contributed by atoms with van der Waals surface area (Å²) in [5.41, 5.74) is 14.5. The molecule has 0 fully saturated rings. The third-order valence-corrected chi connectivity index (χ3v) is 13.2. The highest BCUT2D eigenvalue weighted by Crippen LogP contribution is 2.45. The second-order valence-electron chi connectivity index (χ2n) is 13.3. The normalized spacial score (nSPS) is 12.1. The molecule has 1 atom stereocenters. The van der Waals surface area contributed by atoms with Gasteiger partial charge in [0.1, 0.15) is 0 Å². The monoisotopic (exact) mass is 718 g/mol. The molecule has 0 radical (unpaired) electrons. The van der Waals surface area contributed by atoms with Gasteiger partial charge in [-0.2, -0.15) is 0 Å². The van der Waals surface area contributed by atoms with E-state index in [0.717, 1.165) is 6.42 Å². The van der Waals surface area contributed by atoms with Crippen molar-refractivity contribution in [2.45, 2.75) is 39.0 Å². The van der Waals surface area contributed by atoms with Gasteiger partial charge in [-0.05, 0) is 132 Å². The predicted octanol–water partition coefficient (Wildman–Crippen LogP) is 15.4. The molecule has 0 saturated carbocycles. The summed E-state index contributed by atoms with van der Waals surface area (Å²) in [7, 11) is 0. The Balaban J connectivity index is 1.12. The van der Waals surface area contributed by atoms with E-state index in [0.29, 0.717) is 11.8 Å². The summed E-state index contributed by atoms with van der Waals surface area (Å²) in [4.78, 5) is 5.26. The van der Waals surface area contributed by atoms with Crippen LogP contribution in [0.3, 0.4) is 0 Å². The van der Waals surface area contributed by atoms with Gasteiger partial charge in [0, 0.05) is 30.6 Å². The Hall–Kier alpha value is -4.32. The fourth-order valence-corrected chi connectivity index (χ4v) is 9.74. The molecule has 0 aliphatic rings. The molecule has 4 heterocycles. The highest BCUT2D eigenvalue weighted by Gasteiger charge is 2.19. The first-order valence-electron chi connectivity index (χ1n) is 17.2. The van der Waals surface area contributed by atoms with Crippen molar-refractivity contribution in [1.29, 1.82) is 0 Å². The van der Waals surface area contributed by atoms with Crippen LogP contribution in [0, 0.1) is 0 Å². The molecule has 246 valence electrons. The van der Waals surface area contributed by atoms with Crippen LogP contribution in [0.4, 0.5) is 0 Å². The molecule has 0 aliphatic carbocycles. The zero-order valence-electron chi connectivity index (χ0n) is 28.4. The Labute approximate surface area is 312 Å². The molecule has 0 bridgehead atoms. The maximum atomic E-state index is 2.42. The second kappa shape index (κ2) is 14.5. The number of rotatable bonds is 10. The van der Waals surface area contributed by atoms with E-state index in [1.807, 2.05) is 34.0 Å². The van der Waals surface area contributed by atoms with Crippen molar-refractivity contribution in [1.82, 2.24) is 0 Å². The molecule has 4 heteroatoms. The number of hydrogen-bond donors (Lipinski definition) is 0. The first kappa shape index (κ1) is 32.9. The van der Waals surface area contributed by atoms with Crippen LogP contribution in [0.2, 0.25) is 0 Å². The highest BCUT2D eigenvalue weighted by atomic mass is 32.1. The van der Waals surface area contributed by atoms with Crippen molar-refractivity contribution >= 4 is 45.3 Å². The molecule has 50 heavy (non-hydrogen) atoms. The number of hydrogen-bond acceptors (Lipinski definition) is 4. The molecule has 4 aromatic carbocycles. The fourth-order valence-electron chi connectivity index (χ4n) is 6.80. The quantitative estimate of drug-likeness (QED) is 0.132. The predicted molar refractivity (Wildman–Crippen MR) is 223 cm³/mol. The molecule has 0 saturated heterocycles. The summed E-state index contributed by atoms with van der Waals surface area (Å²) in [5, 5.41) is 8.70. The van der Waals surface area contributed by atoms with Crippen LogP contribution in [0.1, 0.15) is 49.3 Å². The molecule has 4 aromatic heterocycles. The summed E-state index contributed by atoms with van der Waals surface area (Å²) in [6.45, 7) is 6.96. The van der Waals surface area contributed by atoms with Crippen LogP contribution in [-0.2, 0) is 6.42 Å². The maximum Gasteiger partial charge on any atom is 0.0349 e. The third-order valence-electron chi connectivity index (χ3n) is 9.54. The average molecular weight is 719 g/mol. The minimum absolute atomic E-state index is 0.360. The summed E-state index contributed by atoms with van der Waals surface area (Å²) < 4.78 is 0. The Kier molecular flexibility index (Phi) is 9.53. The molecular weight excluding hydrogens is 681 g/mol. The average Bonchev–Trinajstić information content (AvgIpc) is 4.00. The lowest BCUT2D eigenvalue weighted by Gasteiger charge is -2.19. The van der Waals surface area contributed by atoms with E-state index in [2.05, 4.69) is 170 Å². The van der Waals surface area contributed by atoms with E-state index in [9.17, 15) is 0 Å². The summed E-state index contributed by atoms with van der Waals surface area (Å²) in [6, 6.07) is 48.1. The molecule has 0 aliphatic heterocycles. The summed E-state index contributed by atoms with van der Waals surface area (Å²) in [5.74, 6) is 0.813. The lowest BCUT2D eigenvalue weighted by atomic mass is 9.86. The molecule has 0 amide bonds. The fraction of sp³-hybridized carbons (Fsp3) is 0.130. The minimum atomic E-state index is 0.360. The van der Waals surface area contributed by atoms with Gasteiger partial charge in [0.2, 0.25) is 0 Å². The Morgan fingerprint density at radius 1 is 0.420 bits per heavy atom. The van der Waals surface area contributed by atoms with Crippen LogP contribution >= 0.6 is 45.3 Å². The van der Waals surface area contributed by atoms with Crippen LogP contribution < -0.4 is 0 Å². The van der Waals surface area contributed by atoms with Gasteiger partial charge in [-0.15, -0.1) is 45.3 Å². The van der Waals surface area contributed by atoms with Crippen molar-refractivity contribution in [2.24, 2.45) is 0 Å². The van der Waals surface area contributed by atoms with Gasteiger partial charge < -0.3 is 0 Å². The first-order chi connectivity index (χ1) is 24.5. The molecule has 0 N–H and O–H groups in total. The van der Waals surface area contributed by atoms with Gasteiger partial charge in [-0.25, -0.2) is 0 Å². The maximum absolute atomic E-state index is 2.42. The van der Waals surface area contributed by atoms with Gasteiger partial charge in [0.15, 0.2) is 0 Å². The van der Waals surface area contributed by atoms with Crippen LogP contribution in [0.25, 0.3) is 64.0 Å².